The molecule has 0 saturated carbocycles. The molecule has 150 valence electrons. The first-order valence-electron chi connectivity index (χ1n) is 10.0. The molecule has 0 radical (unpaired) electrons. The number of aryl methyl sites for hydroxylation is 1. The highest BCUT2D eigenvalue weighted by molar-refractivity contribution is 6.39. The van der Waals surface area contributed by atoms with E-state index in [0.29, 0.717) is 30.8 Å². The minimum Gasteiger partial charge on any atom is -0.387 e. The first-order valence-corrected chi connectivity index (χ1v) is 10.0. The summed E-state index contributed by atoms with van der Waals surface area (Å²) < 4.78 is 0. The Morgan fingerprint density at radius 2 is 1.72 bits per heavy atom. The third-order valence-electron chi connectivity index (χ3n) is 5.59. The number of hydrogen-bond acceptors (Lipinski definition) is 4. The molecule has 0 bridgehead atoms. The Balaban J connectivity index is 1.28. The van der Waals surface area contributed by atoms with Gasteiger partial charge in [-0.25, -0.2) is 0 Å². The molecule has 1 saturated heterocycles. The van der Waals surface area contributed by atoms with Gasteiger partial charge in [-0.1, -0.05) is 53.7 Å². The molecule has 0 spiro atoms. The maximum absolute atomic E-state index is 12.8. The van der Waals surface area contributed by atoms with Gasteiger partial charge in [0.1, 0.15) is 5.71 Å². The van der Waals surface area contributed by atoms with Crippen molar-refractivity contribution in [2.75, 3.05) is 13.1 Å². The highest BCUT2D eigenvalue weighted by atomic mass is 16.6. The van der Waals surface area contributed by atoms with E-state index in [1.807, 2.05) is 66.4 Å². The second-order valence-corrected chi connectivity index (χ2v) is 7.60. The second-order valence-electron chi connectivity index (χ2n) is 7.60. The van der Waals surface area contributed by atoms with Crippen LogP contribution in [0.3, 0.4) is 0 Å². The van der Waals surface area contributed by atoms with Crippen LogP contribution in [-0.2, 0) is 9.63 Å². The van der Waals surface area contributed by atoms with Crippen molar-refractivity contribution in [1.29, 1.82) is 0 Å². The molecular weight excluding hydrogens is 366 g/mol. The van der Waals surface area contributed by atoms with E-state index in [1.54, 1.807) is 0 Å². The number of hydrogen-bond donors (Lipinski definition) is 1. The number of amides is 2. The molecule has 2 aliphatic rings. The van der Waals surface area contributed by atoms with Crippen LogP contribution < -0.4 is 5.32 Å². The van der Waals surface area contributed by atoms with Crippen molar-refractivity contribution in [2.24, 2.45) is 5.16 Å². The molecule has 4 rings (SSSR count). The summed E-state index contributed by atoms with van der Waals surface area (Å²) in [6.45, 7) is 3.14. The third-order valence-corrected chi connectivity index (χ3v) is 5.59. The second kappa shape index (κ2) is 8.47. The van der Waals surface area contributed by atoms with E-state index in [1.165, 1.54) is 0 Å². The molecule has 6 heteroatoms. The Morgan fingerprint density at radius 1 is 1.03 bits per heavy atom. The van der Waals surface area contributed by atoms with Gasteiger partial charge in [0, 0.05) is 31.1 Å². The Hall–Kier alpha value is -3.15. The maximum atomic E-state index is 12.8. The molecule has 0 aliphatic carbocycles. The number of likely N-dealkylation sites (tertiary alicyclic amines) is 1. The lowest BCUT2D eigenvalue weighted by Gasteiger charge is -2.32. The van der Waals surface area contributed by atoms with E-state index >= 15 is 0 Å². The standard InChI is InChI=1S/C23H25N3O3/c1-16-7-5-6-10-19(16)22(27)24-18-11-13-26(14-12-18)23(28)20-15-21(29-25-20)17-8-3-2-4-9-17/h2-10,18,21H,11-15H2,1H3,(H,24,27). The minimum atomic E-state index is -0.193. The van der Waals surface area contributed by atoms with Crippen molar-refractivity contribution in [3.63, 3.8) is 0 Å². The van der Waals surface area contributed by atoms with Crippen LogP contribution in [0.15, 0.2) is 59.8 Å². The molecule has 6 nitrogen and oxygen atoms in total. The summed E-state index contributed by atoms with van der Waals surface area (Å²) in [5.41, 5.74) is 3.16. The van der Waals surface area contributed by atoms with E-state index in [0.717, 1.165) is 24.0 Å². The van der Waals surface area contributed by atoms with Crippen LogP contribution in [0, 0.1) is 6.92 Å². The predicted molar refractivity (Wildman–Crippen MR) is 111 cm³/mol. The van der Waals surface area contributed by atoms with Crippen LogP contribution in [0.4, 0.5) is 0 Å². The van der Waals surface area contributed by atoms with E-state index < -0.39 is 0 Å². The summed E-state index contributed by atoms with van der Waals surface area (Å²) in [6.07, 6.45) is 1.77. The average molecular weight is 391 g/mol. The van der Waals surface area contributed by atoms with Gasteiger partial charge in [0.2, 0.25) is 0 Å². The number of carbonyl (C=O) groups is 2. The van der Waals surface area contributed by atoms with E-state index in [9.17, 15) is 9.59 Å². The Kier molecular flexibility index (Phi) is 5.60. The van der Waals surface area contributed by atoms with Crippen LogP contribution >= 0.6 is 0 Å². The number of carbonyl (C=O) groups excluding carboxylic acids is 2. The number of nitrogens with one attached hydrogen (secondary N) is 1. The summed E-state index contributed by atoms with van der Waals surface area (Å²) in [5.74, 6) is -0.112. The van der Waals surface area contributed by atoms with Gasteiger partial charge in [-0.15, -0.1) is 0 Å². The van der Waals surface area contributed by atoms with Crippen LogP contribution in [0.25, 0.3) is 0 Å². The molecule has 2 heterocycles. The largest absolute Gasteiger partial charge is 0.387 e. The normalized spacial score (nSPS) is 19.4. The van der Waals surface area contributed by atoms with Crippen LogP contribution in [-0.4, -0.2) is 41.6 Å². The summed E-state index contributed by atoms with van der Waals surface area (Å²) >= 11 is 0. The summed E-state index contributed by atoms with van der Waals surface area (Å²) in [5, 5.41) is 7.14. The van der Waals surface area contributed by atoms with Gasteiger partial charge in [0.05, 0.1) is 0 Å². The fraction of sp³-hybridized carbons (Fsp3) is 0.348. The van der Waals surface area contributed by atoms with Gasteiger partial charge in [0.25, 0.3) is 11.8 Å². The number of piperidine rings is 1. The van der Waals surface area contributed by atoms with Gasteiger partial charge in [-0.05, 0) is 37.0 Å². The lowest BCUT2D eigenvalue weighted by molar-refractivity contribution is -0.125. The quantitative estimate of drug-likeness (QED) is 0.870. The van der Waals surface area contributed by atoms with Gasteiger partial charge >= 0.3 is 0 Å². The van der Waals surface area contributed by atoms with Crippen LogP contribution in [0.2, 0.25) is 0 Å². The van der Waals surface area contributed by atoms with Crippen LogP contribution in [0.5, 0.6) is 0 Å². The van der Waals surface area contributed by atoms with Gasteiger partial charge < -0.3 is 15.1 Å². The molecule has 1 fully saturated rings. The zero-order valence-corrected chi connectivity index (χ0v) is 16.5. The Labute approximate surface area is 170 Å². The molecule has 0 aromatic heterocycles. The monoisotopic (exact) mass is 391 g/mol. The molecule has 29 heavy (non-hydrogen) atoms. The molecule has 1 N–H and O–H groups in total. The number of benzene rings is 2. The zero-order valence-electron chi connectivity index (χ0n) is 16.5. The van der Waals surface area contributed by atoms with E-state index in [-0.39, 0.29) is 24.0 Å². The lowest BCUT2D eigenvalue weighted by Crippen LogP contribution is -2.48. The van der Waals surface area contributed by atoms with Crippen molar-refractivity contribution >= 4 is 17.5 Å². The highest BCUT2D eigenvalue weighted by Crippen LogP contribution is 2.28. The minimum absolute atomic E-state index is 0.0489. The number of nitrogens with zero attached hydrogens (tertiary/aromatic N) is 2. The predicted octanol–water partition coefficient (Wildman–Crippen LogP) is 3.23. The number of rotatable bonds is 4. The van der Waals surface area contributed by atoms with Gasteiger partial charge in [0.15, 0.2) is 6.10 Å². The topological polar surface area (TPSA) is 71.0 Å². The van der Waals surface area contributed by atoms with E-state index in [4.69, 9.17) is 4.84 Å². The van der Waals surface area contributed by atoms with Crippen molar-refractivity contribution in [3.05, 3.63) is 71.3 Å². The Bertz CT molecular complexity index is 918. The van der Waals surface area contributed by atoms with Gasteiger partial charge in [-0.3, -0.25) is 9.59 Å². The van der Waals surface area contributed by atoms with Crippen molar-refractivity contribution in [3.8, 4) is 0 Å². The molecule has 1 atom stereocenters. The molecule has 2 amide bonds. The molecular formula is C23H25N3O3. The average Bonchev–Trinajstić information content (AvgIpc) is 3.25. The molecule has 2 aromatic rings. The van der Waals surface area contributed by atoms with Gasteiger partial charge in [-0.2, -0.15) is 0 Å². The van der Waals surface area contributed by atoms with Crippen molar-refractivity contribution in [1.82, 2.24) is 10.2 Å². The molecule has 2 aromatic carbocycles. The van der Waals surface area contributed by atoms with Crippen LogP contribution in [0.1, 0.15) is 46.9 Å². The lowest BCUT2D eigenvalue weighted by atomic mass is 10.0. The highest BCUT2D eigenvalue weighted by Gasteiger charge is 2.32. The fourth-order valence-electron chi connectivity index (χ4n) is 3.85. The van der Waals surface area contributed by atoms with E-state index in [2.05, 4.69) is 10.5 Å². The molecule has 2 aliphatic heterocycles. The smallest absolute Gasteiger partial charge is 0.271 e. The fourth-order valence-corrected chi connectivity index (χ4v) is 3.85. The SMILES string of the molecule is Cc1ccccc1C(=O)NC1CCN(C(=O)C2=NOC(c3ccccc3)C2)CC1. The molecule has 1 unspecified atom stereocenters. The first kappa shape index (κ1) is 19.2. The first-order chi connectivity index (χ1) is 14.1. The summed E-state index contributed by atoms with van der Waals surface area (Å²) in [4.78, 5) is 32.6. The maximum Gasteiger partial charge on any atom is 0.271 e. The van der Waals surface area contributed by atoms with Crippen molar-refractivity contribution < 1.29 is 14.4 Å². The third kappa shape index (κ3) is 4.31. The summed E-state index contributed by atoms with van der Waals surface area (Å²) in [6, 6.07) is 17.5. The Morgan fingerprint density at radius 3 is 2.45 bits per heavy atom. The van der Waals surface area contributed by atoms with Crippen molar-refractivity contribution in [2.45, 2.75) is 38.3 Å². The zero-order chi connectivity index (χ0) is 20.2. The summed E-state index contributed by atoms with van der Waals surface area (Å²) in [7, 11) is 0. The number of oxime groups is 1.